The predicted molar refractivity (Wildman–Crippen MR) is 83.6 cm³/mol. The summed E-state index contributed by atoms with van der Waals surface area (Å²) < 4.78 is 4.84. The Morgan fingerprint density at radius 1 is 1.38 bits per heavy atom. The van der Waals surface area contributed by atoms with E-state index in [1.54, 1.807) is 37.1 Å². The summed E-state index contributed by atoms with van der Waals surface area (Å²) in [7, 11) is 1.78. The maximum Gasteiger partial charge on any atom is 0.307 e. The van der Waals surface area contributed by atoms with Crippen molar-refractivity contribution < 1.29 is 14.3 Å². The first-order valence-electron chi connectivity index (χ1n) is 6.83. The fourth-order valence-corrected chi connectivity index (χ4v) is 1.95. The Hall–Kier alpha value is -1.59. The first-order valence-corrected chi connectivity index (χ1v) is 7.21. The number of nitrogens with one attached hydrogen (secondary N) is 1. The summed E-state index contributed by atoms with van der Waals surface area (Å²) in [5.41, 5.74) is 1.54. The van der Waals surface area contributed by atoms with Crippen molar-refractivity contribution in [2.75, 3.05) is 32.1 Å². The number of benzene rings is 1. The monoisotopic (exact) mass is 312 g/mol. The van der Waals surface area contributed by atoms with Crippen LogP contribution in [0.15, 0.2) is 18.2 Å². The Balaban J connectivity index is 2.43. The minimum Gasteiger partial charge on any atom is -0.466 e. The lowest BCUT2D eigenvalue weighted by Gasteiger charge is -2.16. The third-order valence-corrected chi connectivity index (χ3v) is 3.37. The van der Waals surface area contributed by atoms with Crippen molar-refractivity contribution in [2.24, 2.45) is 0 Å². The van der Waals surface area contributed by atoms with Crippen LogP contribution in [0.2, 0.25) is 5.02 Å². The van der Waals surface area contributed by atoms with Gasteiger partial charge >= 0.3 is 5.97 Å². The van der Waals surface area contributed by atoms with Gasteiger partial charge in [-0.2, -0.15) is 0 Å². The molecule has 6 heteroatoms. The molecule has 0 aliphatic carbocycles. The second-order valence-electron chi connectivity index (χ2n) is 4.75. The number of hydrogen-bond acceptors (Lipinski definition) is 4. The standard InChI is InChI=1S/C15H21ClN2O3/c1-4-21-15(20)8-9-18(3)10-14(19)17-13-7-5-6-12(16)11(13)2/h5-7H,4,8-10H2,1-3H3,(H,17,19). The number of carbonyl (C=O) groups is 2. The highest BCUT2D eigenvalue weighted by Crippen LogP contribution is 2.22. The maximum absolute atomic E-state index is 11.9. The normalized spacial score (nSPS) is 10.5. The van der Waals surface area contributed by atoms with E-state index in [4.69, 9.17) is 16.3 Å². The summed E-state index contributed by atoms with van der Waals surface area (Å²) in [6.45, 7) is 4.66. The third-order valence-electron chi connectivity index (χ3n) is 2.96. The van der Waals surface area contributed by atoms with E-state index in [1.165, 1.54) is 0 Å². The van der Waals surface area contributed by atoms with Crippen LogP contribution in [0.5, 0.6) is 0 Å². The van der Waals surface area contributed by atoms with Gasteiger partial charge in [0.05, 0.1) is 19.6 Å². The van der Waals surface area contributed by atoms with Gasteiger partial charge in [0.15, 0.2) is 0 Å². The van der Waals surface area contributed by atoms with Crippen LogP contribution in [0.4, 0.5) is 5.69 Å². The molecule has 21 heavy (non-hydrogen) atoms. The van der Waals surface area contributed by atoms with Crippen molar-refractivity contribution in [3.63, 3.8) is 0 Å². The Bertz CT molecular complexity index is 506. The van der Waals surface area contributed by atoms with E-state index in [9.17, 15) is 9.59 Å². The second-order valence-corrected chi connectivity index (χ2v) is 5.16. The average Bonchev–Trinajstić information content (AvgIpc) is 2.42. The fourth-order valence-electron chi connectivity index (χ4n) is 1.77. The Morgan fingerprint density at radius 3 is 2.76 bits per heavy atom. The number of likely N-dealkylation sites (N-methyl/N-ethyl adjacent to an activating group) is 1. The van der Waals surface area contributed by atoms with Crippen molar-refractivity contribution >= 4 is 29.2 Å². The highest BCUT2D eigenvalue weighted by atomic mass is 35.5. The van der Waals surface area contributed by atoms with E-state index in [0.29, 0.717) is 23.9 Å². The molecule has 1 aromatic rings. The van der Waals surface area contributed by atoms with Gasteiger partial charge in [0, 0.05) is 17.3 Å². The fraction of sp³-hybridized carbons (Fsp3) is 0.467. The van der Waals surface area contributed by atoms with Gasteiger partial charge in [-0.1, -0.05) is 17.7 Å². The lowest BCUT2D eigenvalue weighted by atomic mass is 10.2. The molecule has 0 aliphatic rings. The number of amides is 1. The van der Waals surface area contributed by atoms with Crippen molar-refractivity contribution in [3.8, 4) is 0 Å². The van der Waals surface area contributed by atoms with Crippen LogP contribution in [-0.4, -0.2) is 43.5 Å². The molecule has 0 heterocycles. The minimum absolute atomic E-state index is 0.147. The van der Waals surface area contributed by atoms with Gasteiger partial charge in [0.25, 0.3) is 0 Å². The summed E-state index contributed by atoms with van der Waals surface area (Å²) in [5.74, 6) is -0.401. The molecule has 5 nitrogen and oxygen atoms in total. The van der Waals surface area contributed by atoms with Crippen LogP contribution in [0.1, 0.15) is 18.9 Å². The molecule has 0 aromatic heterocycles. The van der Waals surface area contributed by atoms with E-state index >= 15 is 0 Å². The topological polar surface area (TPSA) is 58.6 Å². The minimum atomic E-state index is -0.254. The van der Waals surface area contributed by atoms with Crippen molar-refractivity contribution in [1.82, 2.24) is 4.90 Å². The molecule has 0 radical (unpaired) electrons. The molecule has 1 amide bonds. The third kappa shape index (κ3) is 6.14. The molecule has 0 saturated heterocycles. The molecule has 1 N–H and O–H groups in total. The Morgan fingerprint density at radius 2 is 2.10 bits per heavy atom. The smallest absolute Gasteiger partial charge is 0.307 e. The SMILES string of the molecule is CCOC(=O)CCN(C)CC(=O)Nc1cccc(Cl)c1C. The highest BCUT2D eigenvalue weighted by Gasteiger charge is 2.11. The summed E-state index contributed by atoms with van der Waals surface area (Å²) in [6.07, 6.45) is 0.272. The number of halogens is 1. The van der Waals surface area contributed by atoms with Crippen molar-refractivity contribution in [1.29, 1.82) is 0 Å². The molecule has 0 spiro atoms. The van der Waals surface area contributed by atoms with Gasteiger partial charge in [0.1, 0.15) is 0 Å². The van der Waals surface area contributed by atoms with E-state index in [1.807, 2.05) is 6.92 Å². The van der Waals surface area contributed by atoms with Crippen LogP contribution in [0.25, 0.3) is 0 Å². The summed E-state index contributed by atoms with van der Waals surface area (Å²) in [6, 6.07) is 5.37. The quantitative estimate of drug-likeness (QED) is 0.786. The van der Waals surface area contributed by atoms with Crippen LogP contribution in [-0.2, 0) is 14.3 Å². The number of ether oxygens (including phenoxy) is 1. The Kier molecular flexibility index (Phi) is 7.19. The molecule has 0 fully saturated rings. The molecule has 0 saturated carbocycles. The number of nitrogens with zero attached hydrogens (tertiary/aromatic N) is 1. The number of carbonyl (C=O) groups excluding carboxylic acids is 2. The molecule has 0 aliphatic heterocycles. The van der Waals surface area contributed by atoms with Gasteiger partial charge in [0.2, 0.25) is 5.91 Å². The zero-order valence-corrected chi connectivity index (χ0v) is 13.4. The molecular formula is C15H21ClN2O3. The van der Waals surface area contributed by atoms with Crippen LogP contribution < -0.4 is 5.32 Å². The Labute approximate surface area is 130 Å². The number of rotatable bonds is 7. The summed E-state index contributed by atoms with van der Waals surface area (Å²) in [5, 5.41) is 3.43. The van der Waals surface area contributed by atoms with Crippen LogP contribution >= 0.6 is 11.6 Å². The zero-order valence-electron chi connectivity index (χ0n) is 12.6. The lowest BCUT2D eigenvalue weighted by Crippen LogP contribution is -2.32. The average molecular weight is 313 g/mol. The van der Waals surface area contributed by atoms with Gasteiger partial charge in [-0.25, -0.2) is 0 Å². The van der Waals surface area contributed by atoms with Crippen molar-refractivity contribution in [2.45, 2.75) is 20.3 Å². The van der Waals surface area contributed by atoms with E-state index in [2.05, 4.69) is 5.32 Å². The number of anilines is 1. The number of hydrogen-bond donors (Lipinski definition) is 1. The second kappa shape index (κ2) is 8.64. The molecular weight excluding hydrogens is 292 g/mol. The highest BCUT2D eigenvalue weighted by molar-refractivity contribution is 6.31. The predicted octanol–water partition coefficient (Wildman–Crippen LogP) is 2.47. The van der Waals surface area contributed by atoms with E-state index in [0.717, 1.165) is 5.56 Å². The molecule has 0 atom stereocenters. The lowest BCUT2D eigenvalue weighted by molar-refractivity contribution is -0.143. The van der Waals surface area contributed by atoms with E-state index < -0.39 is 0 Å². The van der Waals surface area contributed by atoms with Crippen LogP contribution in [0, 0.1) is 6.92 Å². The van der Waals surface area contributed by atoms with Gasteiger partial charge in [-0.15, -0.1) is 0 Å². The van der Waals surface area contributed by atoms with Crippen molar-refractivity contribution in [3.05, 3.63) is 28.8 Å². The first-order chi connectivity index (χ1) is 9.93. The van der Waals surface area contributed by atoms with Gasteiger partial charge in [-0.3, -0.25) is 14.5 Å². The molecule has 0 unspecified atom stereocenters. The molecule has 1 rings (SSSR count). The largest absolute Gasteiger partial charge is 0.466 e. The first kappa shape index (κ1) is 17.5. The maximum atomic E-state index is 11.9. The number of esters is 1. The molecule has 1 aromatic carbocycles. The molecule has 116 valence electrons. The zero-order chi connectivity index (χ0) is 15.8. The van der Waals surface area contributed by atoms with Gasteiger partial charge < -0.3 is 10.1 Å². The van der Waals surface area contributed by atoms with Gasteiger partial charge in [-0.05, 0) is 38.6 Å². The van der Waals surface area contributed by atoms with Crippen LogP contribution in [0.3, 0.4) is 0 Å². The van der Waals surface area contributed by atoms with E-state index in [-0.39, 0.29) is 24.8 Å². The summed E-state index contributed by atoms with van der Waals surface area (Å²) >= 11 is 6.00. The summed E-state index contributed by atoms with van der Waals surface area (Å²) in [4.78, 5) is 25.0. The molecule has 0 bridgehead atoms.